The van der Waals surface area contributed by atoms with Crippen molar-refractivity contribution in [2.45, 2.75) is 17.8 Å². The number of thioether (sulfide) groups is 1. The molecule has 1 aromatic rings. The van der Waals surface area contributed by atoms with Crippen LogP contribution in [0.5, 0.6) is 0 Å². The fourth-order valence-electron chi connectivity index (χ4n) is 2.01. The number of hydrogen-bond donors (Lipinski definition) is 2. The van der Waals surface area contributed by atoms with Crippen LogP contribution >= 0.6 is 11.8 Å². The molecule has 0 aromatic heterocycles. The zero-order valence-electron chi connectivity index (χ0n) is 9.55. The second kappa shape index (κ2) is 5.12. The van der Waals surface area contributed by atoms with Gasteiger partial charge in [-0.1, -0.05) is 19.0 Å². The van der Waals surface area contributed by atoms with Crippen molar-refractivity contribution in [2.24, 2.45) is 5.73 Å². The van der Waals surface area contributed by atoms with Gasteiger partial charge in [0.15, 0.2) is 0 Å². The highest BCUT2D eigenvalue weighted by molar-refractivity contribution is 8.00. The minimum Gasteiger partial charge on any atom is -0.481 e. The first-order valence-electron chi connectivity index (χ1n) is 5.45. The van der Waals surface area contributed by atoms with E-state index in [0.29, 0.717) is 6.54 Å². The van der Waals surface area contributed by atoms with Crippen LogP contribution in [-0.4, -0.2) is 30.3 Å². The van der Waals surface area contributed by atoms with Crippen LogP contribution in [0, 0.1) is 0 Å². The summed E-state index contributed by atoms with van der Waals surface area (Å²) in [5, 5.41) is 8.64. The molecule has 2 rings (SSSR count). The molecule has 3 N–H and O–H groups in total. The lowest BCUT2D eigenvalue weighted by Gasteiger charge is -2.09. The molecule has 0 bridgehead atoms. The number of nitrogens with two attached hydrogens (primary N) is 1. The van der Waals surface area contributed by atoms with E-state index >= 15 is 0 Å². The van der Waals surface area contributed by atoms with E-state index in [1.54, 1.807) is 0 Å². The van der Waals surface area contributed by atoms with E-state index in [0.717, 1.165) is 15.9 Å². The second-order valence-corrected chi connectivity index (χ2v) is 5.02. The minimum atomic E-state index is -0.806. The number of carboxylic acids is 1. The lowest BCUT2D eigenvalue weighted by Crippen LogP contribution is -2.24. The van der Waals surface area contributed by atoms with Crippen LogP contribution in [0.1, 0.15) is 11.7 Å². The number of rotatable bonds is 4. The van der Waals surface area contributed by atoms with Crippen LogP contribution in [0.25, 0.3) is 0 Å². The Morgan fingerprint density at radius 1 is 1.65 bits per heavy atom. The molecule has 90 valence electrons. The maximum atomic E-state index is 10.5. The third-order valence-corrected chi connectivity index (χ3v) is 3.77. The number of fused-ring (bicyclic) bond motifs is 1. The van der Waals surface area contributed by atoms with Crippen molar-refractivity contribution in [3.8, 4) is 0 Å². The van der Waals surface area contributed by atoms with Crippen LogP contribution in [0.2, 0.25) is 6.82 Å². The monoisotopic (exact) mass is 251 g/mol. The first-order chi connectivity index (χ1) is 8.11. The zero-order valence-corrected chi connectivity index (χ0v) is 10.4. The molecule has 0 spiro atoms. The smallest absolute Gasteiger partial charge is 0.324 e. The summed E-state index contributed by atoms with van der Waals surface area (Å²) in [7, 11) is 0. The lowest BCUT2D eigenvalue weighted by atomic mass is 9.64. The van der Waals surface area contributed by atoms with Gasteiger partial charge in [0.25, 0.3) is 0 Å². The molecule has 0 fully saturated rings. The number of benzene rings is 1. The fourth-order valence-corrected chi connectivity index (χ4v) is 2.67. The van der Waals surface area contributed by atoms with E-state index in [4.69, 9.17) is 15.5 Å². The van der Waals surface area contributed by atoms with E-state index < -0.39 is 5.97 Å². The van der Waals surface area contributed by atoms with Crippen LogP contribution < -0.4 is 11.2 Å². The van der Waals surface area contributed by atoms with Crippen molar-refractivity contribution in [3.05, 3.63) is 23.8 Å². The van der Waals surface area contributed by atoms with E-state index in [1.807, 2.05) is 25.0 Å². The Hall–Kier alpha value is -0.975. The highest BCUT2D eigenvalue weighted by atomic mass is 32.2. The molecular weight excluding hydrogens is 237 g/mol. The average Bonchev–Trinajstić information content (AvgIpc) is 2.63. The molecule has 1 atom stereocenters. The normalized spacial score (nSPS) is 18.2. The molecule has 1 aromatic carbocycles. The third kappa shape index (κ3) is 2.65. The number of carbonyl (C=O) groups is 1. The van der Waals surface area contributed by atoms with Gasteiger partial charge in [0, 0.05) is 11.4 Å². The molecule has 0 saturated heterocycles. The fraction of sp³-hybridized carbons (Fsp3) is 0.364. The maximum Gasteiger partial charge on any atom is 0.324 e. The molecule has 0 radical (unpaired) electrons. The summed E-state index contributed by atoms with van der Waals surface area (Å²) < 4.78 is 5.71. The van der Waals surface area contributed by atoms with E-state index in [9.17, 15) is 4.79 Å². The molecule has 0 saturated carbocycles. The van der Waals surface area contributed by atoms with Gasteiger partial charge in [-0.05, 0) is 17.1 Å². The largest absolute Gasteiger partial charge is 0.481 e. The quantitative estimate of drug-likeness (QED) is 0.609. The minimum absolute atomic E-state index is 0.0291. The van der Waals surface area contributed by atoms with Crippen molar-refractivity contribution in [1.82, 2.24) is 0 Å². The average molecular weight is 251 g/mol. The summed E-state index contributed by atoms with van der Waals surface area (Å²) in [6.07, 6.45) is -0.0291. The topological polar surface area (TPSA) is 72.5 Å². The summed E-state index contributed by atoms with van der Waals surface area (Å²) in [5.41, 5.74) is 7.89. The predicted octanol–water partition coefficient (Wildman–Crippen LogP) is 0.722. The molecule has 1 aliphatic heterocycles. The van der Waals surface area contributed by atoms with Crippen molar-refractivity contribution >= 4 is 30.1 Å². The predicted molar refractivity (Wildman–Crippen MR) is 68.9 cm³/mol. The van der Waals surface area contributed by atoms with E-state index in [1.165, 1.54) is 11.8 Å². The Morgan fingerprint density at radius 2 is 2.41 bits per heavy atom. The molecule has 1 unspecified atom stereocenters. The van der Waals surface area contributed by atoms with E-state index in [-0.39, 0.29) is 18.8 Å². The third-order valence-electron chi connectivity index (χ3n) is 2.79. The summed E-state index contributed by atoms with van der Waals surface area (Å²) >= 11 is 1.32. The van der Waals surface area contributed by atoms with Gasteiger partial charge in [-0.2, -0.15) is 0 Å². The Kier molecular flexibility index (Phi) is 3.76. The van der Waals surface area contributed by atoms with Gasteiger partial charge in [-0.15, -0.1) is 11.8 Å². The van der Waals surface area contributed by atoms with Crippen molar-refractivity contribution in [3.63, 3.8) is 0 Å². The molecule has 17 heavy (non-hydrogen) atoms. The molecule has 1 aliphatic rings. The van der Waals surface area contributed by atoms with Crippen molar-refractivity contribution < 1.29 is 14.6 Å². The van der Waals surface area contributed by atoms with Gasteiger partial charge in [-0.25, -0.2) is 0 Å². The summed E-state index contributed by atoms with van der Waals surface area (Å²) in [6.45, 7) is 2.49. The van der Waals surface area contributed by atoms with Gasteiger partial charge < -0.3 is 15.5 Å². The number of hydrogen-bond acceptors (Lipinski definition) is 4. The summed E-state index contributed by atoms with van der Waals surface area (Å²) in [4.78, 5) is 11.5. The van der Waals surface area contributed by atoms with Crippen LogP contribution in [0.15, 0.2) is 23.1 Å². The molecular formula is C11H14BNO3S. The zero-order chi connectivity index (χ0) is 12.4. The molecule has 1 heterocycles. The summed E-state index contributed by atoms with van der Waals surface area (Å²) in [6, 6.07) is 5.92. The Morgan fingerprint density at radius 3 is 3.06 bits per heavy atom. The van der Waals surface area contributed by atoms with Crippen molar-refractivity contribution in [1.29, 1.82) is 0 Å². The highest BCUT2D eigenvalue weighted by Crippen LogP contribution is 2.26. The first kappa shape index (κ1) is 12.5. The van der Waals surface area contributed by atoms with Gasteiger partial charge in [0.2, 0.25) is 0 Å². The molecule has 0 aliphatic carbocycles. The van der Waals surface area contributed by atoms with Crippen molar-refractivity contribution in [2.75, 3.05) is 12.3 Å². The number of aliphatic carboxylic acids is 1. The standard InChI is InChI=1S/C11H14BNO3S/c1-12-9-4-7(17-6-11(14)15)2-3-8(9)10(5-13)16-12/h2-4,10H,5-6,13H2,1H3,(H,14,15). The Bertz CT molecular complexity index is 441. The van der Waals surface area contributed by atoms with Crippen LogP contribution in [0.3, 0.4) is 0 Å². The van der Waals surface area contributed by atoms with Gasteiger partial charge >= 0.3 is 12.9 Å². The van der Waals surface area contributed by atoms with Crippen LogP contribution in [-0.2, 0) is 9.45 Å². The molecule has 4 nitrogen and oxygen atoms in total. The second-order valence-electron chi connectivity index (χ2n) is 3.98. The highest BCUT2D eigenvalue weighted by Gasteiger charge is 2.30. The van der Waals surface area contributed by atoms with Gasteiger partial charge in [-0.3, -0.25) is 4.79 Å². The summed E-state index contributed by atoms with van der Waals surface area (Å²) in [5.74, 6) is -0.728. The van der Waals surface area contributed by atoms with E-state index in [2.05, 4.69) is 0 Å². The van der Waals surface area contributed by atoms with Crippen LogP contribution in [0.4, 0.5) is 0 Å². The Labute approximate surface area is 105 Å². The first-order valence-corrected chi connectivity index (χ1v) is 6.44. The van der Waals surface area contributed by atoms with Gasteiger partial charge in [0.05, 0.1) is 11.9 Å². The SMILES string of the molecule is CB1OC(CN)c2ccc(SCC(=O)O)cc21. The molecule has 0 amide bonds. The Balaban J connectivity index is 2.19. The lowest BCUT2D eigenvalue weighted by molar-refractivity contribution is -0.133. The van der Waals surface area contributed by atoms with Gasteiger partial charge in [0.1, 0.15) is 0 Å². The molecule has 6 heteroatoms. The number of carboxylic acid groups (broad SMARTS) is 1. The maximum absolute atomic E-state index is 10.5.